The predicted octanol–water partition coefficient (Wildman–Crippen LogP) is 3.87. The van der Waals surface area contributed by atoms with Crippen LogP contribution in [0.25, 0.3) is 10.4 Å². The summed E-state index contributed by atoms with van der Waals surface area (Å²) in [5.41, 5.74) is 5.58. The maximum Gasteiger partial charge on any atom is 0.423 e. The van der Waals surface area contributed by atoms with Crippen molar-refractivity contribution in [1.29, 1.82) is 0 Å². The van der Waals surface area contributed by atoms with Crippen LogP contribution in [0.15, 0.2) is 16.1 Å². The molecule has 9 nitrogen and oxygen atoms in total. The Kier molecular flexibility index (Phi) is 8.92. The first-order valence-electron chi connectivity index (χ1n) is 10.1. The van der Waals surface area contributed by atoms with Gasteiger partial charge >= 0.3 is 6.18 Å². The van der Waals surface area contributed by atoms with Gasteiger partial charge in [-0.15, -0.1) is 0 Å². The number of alkyl halides is 3. The van der Waals surface area contributed by atoms with Crippen molar-refractivity contribution in [2.45, 2.75) is 57.5 Å². The lowest BCUT2D eigenvalue weighted by molar-refractivity contribution is -0.138. The minimum absolute atomic E-state index is 0.145. The molecule has 0 radical (unpaired) electrons. The van der Waals surface area contributed by atoms with Crippen molar-refractivity contribution in [3.8, 4) is 0 Å². The zero-order valence-corrected chi connectivity index (χ0v) is 19.1. The highest BCUT2D eigenvalue weighted by Crippen LogP contribution is 2.36. The van der Waals surface area contributed by atoms with Crippen LogP contribution in [0.1, 0.15) is 18.4 Å². The first kappa shape index (κ1) is 25.2. The monoisotopic (exact) mass is 462 g/mol. The largest absolute Gasteiger partial charge is 0.423 e. The topological polar surface area (TPSA) is 105 Å². The lowest BCUT2D eigenvalue weighted by atomic mass is 10.2. The van der Waals surface area contributed by atoms with Crippen LogP contribution < -0.4 is 10.5 Å². The molecule has 1 aromatic rings. The van der Waals surface area contributed by atoms with Gasteiger partial charge in [0.05, 0.1) is 31.1 Å². The third-order valence-electron chi connectivity index (χ3n) is 4.91. The quantitative estimate of drug-likeness (QED) is 0.163. The van der Waals surface area contributed by atoms with E-state index in [0.29, 0.717) is 26.0 Å². The van der Waals surface area contributed by atoms with Gasteiger partial charge < -0.3 is 14.4 Å². The molecule has 0 spiro atoms. The number of hydrogen-bond donors (Lipinski definition) is 0. The predicted molar refractivity (Wildman–Crippen MR) is 113 cm³/mol. The van der Waals surface area contributed by atoms with E-state index in [1.165, 1.54) is 4.90 Å². The molecule has 1 saturated heterocycles. The molecule has 1 aliphatic heterocycles. The van der Waals surface area contributed by atoms with E-state index < -0.39 is 25.4 Å². The van der Waals surface area contributed by atoms with Crippen molar-refractivity contribution in [2.75, 3.05) is 37.8 Å². The van der Waals surface area contributed by atoms with E-state index in [4.69, 9.17) is 15.0 Å². The standard InChI is InChI=1S/C18H29F3N6O3Si/c1-31(2,3)10-9-30-13-27-17(28)16(18(19,20)21)15(11-24-27)26-7-4-5-14(26)12-29-8-6-23-25-22/h11,14H,4-10,12-13H2,1-3H3/t14-/m0/s1. The molecule has 13 heteroatoms. The highest BCUT2D eigenvalue weighted by atomic mass is 28.3. The Balaban J connectivity index is 2.18. The molecule has 0 saturated carbocycles. The van der Waals surface area contributed by atoms with Gasteiger partial charge in [-0.05, 0) is 24.4 Å². The first-order valence-corrected chi connectivity index (χ1v) is 13.9. The van der Waals surface area contributed by atoms with Crippen LogP contribution in [0.4, 0.5) is 18.9 Å². The van der Waals surface area contributed by atoms with Gasteiger partial charge in [0.1, 0.15) is 12.3 Å². The zero-order chi connectivity index (χ0) is 23.1. The molecule has 0 unspecified atom stereocenters. The van der Waals surface area contributed by atoms with Crippen LogP contribution in [0, 0.1) is 0 Å². The van der Waals surface area contributed by atoms with Crippen LogP contribution in [-0.2, 0) is 22.4 Å². The van der Waals surface area contributed by atoms with Crippen LogP contribution in [-0.4, -0.2) is 56.8 Å². The summed E-state index contributed by atoms with van der Waals surface area (Å²) in [4.78, 5) is 16.8. The SMILES string of the molecule is C[Si](C)(C)CCOCn1ncc(N2CCC[C@H]2COCCN=[N+]=[N-])c(C(F)(F)F)c1=O. The molecular weight excluding hydrogens is 433 g/mol. The lowest BCUT2D eigenvalue weighted by Crippen LogP contribution is -2.39. The molecule has 31 heavy (non-hydrogen) atoms. The van der Waals surface area contributed by atoms with Gasteiger partial charge in [0, 0.05) is 32.7 Å². The Bertz CT molecular complexity index is 836. The number of halogens is 3. The van der Waals surface area contributed by atoms with Crippen LogP contribution >= 0.6 is 0 Å². The molecule has 0 bridgehead atoms. The van der Waals surface area contributed by atoms with Crippen LogP contribution in [0.5, 0.6) is 0 Å². The Morgan fingerprint density at radius 2 is 2.06 bits per heavy atom. The molecule has 2 heterocycles. The maximum absolute atomic E-state index is 13.8. The highest BCUT2D eigenvalue weighted by molar-refractivity contribution is 6.76. The van der Waals surface area contributed by atoms with E-state index in [2.05, 4.69) is 34.8 Å². The third kappa shape index (κ3) is 7.53. The Morgan fingerprint density at radius 1 is 1.32 bits per heavy atom. The van der Waals surface area contributed by atoms with Crippen molar-refractivity contribution >= 4 is 13.8 Å². The van der Waals surface area contributed by atoms with Crippen molar-refractivity contribution in [3.63, 3.8) is 0 Å². The Hall–Kier alpha value is -2.08. The smallest absolute Gasteiger partial charge is 0.379 e. The second-order valence-electron chi connectivity index (χ2n) is 8.57. The first-order chi connectivity index (χ1) is 14.5. The minimum Gasteiger partial charge on any atom is -0.379 e. The Morgan fingerprint density at radius 3 is 2.71 bits per heavy atom. The van der Waals surface area contributed by atoms with Gasteiger partial charge in [0.25, 0.3) is 5.56 Å². The fourth-order valence-corrected chi connectivity index (χ4v) is 4.04. The summed E-state index contributed by atoms with van der Waals surface area (Å²) in [6.45, 7) is 7.37. The van der Waals surface area contributed by atoms with Gasteiger partial charge in [0.2, 0.25) is 0 Å². The number of azide groups is 1. The van der Waals surface area contributed by atoms with Crippen molar-refractivity contribution in [1.82, 2.24) is 9.78 Å². The average molecular weight is 463 g/mol. The van der Waals surface area contributed by atoms with Crippen molar-refractivity contribution in [3.05, 3.63) is 32.6 Å². The number of rotatable bonds is 11. The van der Waals surface area contributed by atoms with Gasteiger partial charge in [-0.3, -0.25) is 4.79 Å². The molecule has 1 aliphatic rings. The molecule has 0 amide bonds. The van der Waals surface area contributed by atoms with E-state index in [1.54, 1.807) is 0 Å². The van der Waals surface area contributed by atoms with E-state index in [0.717, 1.165) is 16.9 Å². The summed E-state index contributed by atoms with van der Waals surface area (Å²) in [6, 6.07) is 0.512. The second kappa shape index (κ2) is 11.0. The molecule has 0 N–H and O–H groups in total. The summed E-state index contributed by atoms with van der Waals surface area (Å²) < 4.78 is 53.0. The fraction of sp³-hybridized carbons (Fsp3) is 0.778. The van der Waals surface area contributed by atoms with E-state index in [9.17, 15) is 18.0 Å². The number of anilines is 1. The normalized spacial score (nSPS) is 17.1. The summed E-state index contributed by atoms with van der Waals surface area (Å²) in [5, 5.41) is 7.29. The van der Waals surface area contributed by atoms with Gasteiger partial charge in [-0.25, -0.2) is 4.68 Å². The van der Waals surface area contributed by atoms with Gasteiger partial charge in [-0.1, -0.05) is 24.8 Å². The second-order valence-corrected chi connectivity index (χ2v) is 14.2. The molecule has 1 fully saturated rings. The fourth-order valence-electron chi connectivity index (χ4n) is 3.28. The number of hydrogen-bond acceptors (Lipinski definition) is 6. The summed E-state index contributed by atoms with van der Waals surface area (Å²) in [6.07, 6.45) is -2.44. The minimum atomic E-state index is -4.83. The lowest BCUT2D eigenvalue weighted by Gasteiger charge is -2.28. The summed E-state index contributed by atoms with van der Waals surface area (Å²) >= 11 is 0. The molecule has 1 atom stereocenters. The molecule has 0 aromatic carbocycles. The number of aromatic nitrogens is 2. The van der Waals surface area contributed by atoms with E-state index >= 15 is 0 Å². The zero-order valence-electron chi connectivity index (χ0n) is 18.1. The number of ether oxygens (including phenoxy) is 2. The molecular formula is C18H29F3N6O3Si. The van der Waals surface area contributed by atoms with Gasteiger partial charge in [0.15, 0.2) is 0 Å². The van der Waals surface area contributed by atoms with Crippen LogP contribution in [0.3, 0.4) is 0 Å². The molecule has 2 rings (SSSR count). The van der Waals surface area contributed by atoms with Crippen molar-refractivity contribution in [2.24, 2.45) is 5.11 Å². The maximum atomic E-state index is 13.8. The highest BCUT2D eigenvalue weighted by Gasteiger charge is 2.41. The molecule has 1 aromatic heterocycles. The number of nitrogens with zero attached hydrogens (tertiary/aromatic N) is 6. The van der Waals surface area contributed by atoms with Crippen molar-refractivity contribution < 1.29 is 22.6 Å². The Labute approximate surface area is 179 Å². The van der Waals surface area contributed by atoms with E-state index in [-0.39, 0.29) is 38.2 Å². The van der Waals surface area contributed by atoms with Crippen LogP contribution in [0.2, 0.25) is 25.7 Å². The average Bonchev–Trinajstić information content (AvgIpc) is 3.12. The third-order valence-corrected chi connectivity index (χ3v) is 6.62. The summed E-state index contributed by atoms with van der Waals surface area (Å²) in [7, 11) is -1.36. The van der Waals surface area contributed by atoms with Gasteiger partial charge in [-0.2, -0.15) is 18.3 Å². The molecule has 174 valence electrons. The van der Waals surface area contributed by atoms with E-state index in [1.807, 2.05) is 0 Å². The summed E-state index contributed by atoms with van der Waals surface area (Å²) in [5.74, 6) is 0. The molecule has 0 aliphatic carbocycles.